The number of aromatic nitrogens is 4. The predicted octanol–water partition coefficient (Wildman–Crippen LogP) is 11.7. The van der Waals surface area contributed by atoms with E-state index in [4.69, 9.17) is 19.9 Å². The van der Waals surface area contributed by atoms with E-state index >= 15 is 0 Å². The zero-order chi connectivity index (χ0) is 33.0. The molecule has 232 valence electrons. The highest BCUT2D eigenvalue weighted by Gasteiger charge is 2.17. The molecule has 3 aromatic heterocycles. The van der Waals surface area contributed by atoms with E-state index in [0.29, 0.717) is 5.82 Å². The third kappa shape index (κ3) is 4.61. The summed E-state index contributed by atoms with van der Waals surface area (Å²) < 4.78 is 0. The average molecular weight is 637 g/mol. The second kappa shape index (κ2) is 11.4. The van der Waals surface area contributed by atoms with Crippen LogP contribution in [0.5, 0.6) is 0 Å². The minimum absolute atomic E-state index is 0.622. The molecular weight excluding hydrogens is 609 g/mol. The minimum atomic E-state index is 0.622. The third-order valence-corrected chi connectivity index (χ3v) is 9.75. The van der Waals surface area contributed by atoms with Gasteiger partial charge < -0.3 is 0 Å². The van der Waals surface area contributed by atoms with Gasteiger partial charge in [-0.2, -0.15) is 0 Å². The number of pyridine rings is 2. The quantitative estimate of drug-likeness (QED) is 0.180. The van der Waals surface area contributed by atoms with Crippen LogP contribution < -0.4 is 0 Å². The Morgan fingerprint density at radius 2 is 0.840 bits per heavy atom. The molecule has 4 heteroatoms. The molecule has 0 bridgehead atoms. The maximum absolute atomic E-state index is 5.28. The molecule has 0 radical (unpaired) electrons. The van der Waals surface area contributed by atoms with Gasteiger partial charge in [-0.05, 0) is 84.9 Å². The molecule has 0 aliphatic rings. The zero-order valence-corrected chi connectivity index (χ0v) is 27.0. The Morgan fingerprint density at radius 1 is 0.340 bits per heavy atom. The molecule has 50 heavy (non-hydrogen) atoms. The lowest BCUT2D eigenvalue weighted by Gasteiger charge is -2.15. The molecule has 10 rings (SSSR count). The largest absolute Gasteiger partial charge is 0.254 e. The fraction of sp³-hybridized carbons (Fsp3) is 0. The van der Waals surface area contributed by atoms with Crippen LogP contribution in [0.25, 0.3) is 99.2 Å². The number of nitrogens with zero attached hydrogens (tertiary/aromatic N) is 4. The Kier molecular flexibility index (Phi) is 6.46. The first kappa shape index (κ1) is 28.3. The summed E-state index contributed by atoms with van der Waals surface area (Å²) in [6, 6.07) is 55.4. The second-order valence-corrected chi connectivity index (χ2v) is 12.7. The number of fused-ring (bicyclic) bond motifs is 7. The van der Waals surface area contributed by atoms with Crippen molar-refractivity contribution in [1.29, 1.82) is 0 Å². The van der Waals surface area contributed by atoms with Crippen LogP contribution in [0.4, 0.5) is 0 Å². The molecule has 0 spiro atoms. The van der Waals surface area contributed by atoms with Gasteiger partial charge in [-0.15, -0.1) is 0 Å². The summed E-state index contributed by atoms with van der Waals surface area (Å²) in [6.45, 7) is 0. The highest BCUT2D eigenvalue weighted by atomic mass is 14.9. The molecule has 4 nitrogen and oxygen atoms in total. The van der Waals surface area contributed by atoms with Crippen molar-refractivity contribution in [2.75, 3.05) is 0 Å². The van der Waals surface area contributed by atoms with Gasteiger partial charge in [-0.1, -0.05) is 121 Å². The molecule has 0 unspecified atom stereocenters. The van der Waals surface area contributed by atoms with Crippen LogP contribution in [0.1, 0.15) is 0 Å². The number of rotatable bonds is 4. The average Bonchev–Trinajstić information content (AvgIpc) is 3.20. The predicted molar refractivity (Wildman–Crippen MR) is 207 cm³/mol. The summed E-state index contributed by atoms with van der Waals surface area (Å²) in [5.74, 6) is 0.622. The Balaban J connectivity index is 1.22. The van der Waals surface area contributed by atoms with Crippen molar-refractivity contribution in [3.05, 3.63) is 170 Å². The minimum Gasteiger partial charge on any atom is -0.254 e. The topological polar surface area (TPSA) is 51.6 Å². The van der Waals surface area contributed by atoms with Gasteiger partial charge in [0.1, 0.15) is 0 Å². The van der Waals surface area contributed by atoms with Gasteiger partial charge in [-0.3, -0.25) is 9.97 Å². The Hall–Kier alpha value is -6.78. The summed E-state index contributed by atoms with van der Waals surface area (Å²) in [5, 5.41) is 11.7. The third-order valence-electron chi connectivity index (χ3n) is 9.75. The standard InChI is InChI=1S/C46H28N4/c1-6-16-35-29(11-1)23-24-47-45(35)42-22-21-32(28-48-42)46-49-43(40-25-30-12-2-4-14-33(30)36-17-7-9-19-38(36)40)27-44(50-46)41-26-31-13-3-5-15-34(31)37-18-8-10-20-39(37)41/h1-28H. The van der Waals surface area contributed by atoms with Crippen molar-refractivity contribution in [3.8, 4) is 45.3 Å². The van der Waals surface area contributed by atoms with Crippen LogP contribution in [-0.4, -0.2) is 19.9 Å². The lowest BCUT2D eigenvalue weighted by molar-refractivity contribution is 1.17. The van der Waals surface area contributed by atoms with E-state index < -0.39 is 0 Å². The van der Waals surface area contributed by atoms with Crippen LogP contribution in [0.3, 0.4) is 0 Å². The SMILES string of the molecule is c1ccc2c(-c3ccc(-c4nc(-c5cc6ccccc6c6ccccc56)cc(-c5cc6ccccc6c6ccccc56)n4)cn3)nccc2c1. The second-order valence-electron chi connectivity index (χ2n) is 12.7. The van der Waals surface area contributed by atoms with Crippen molar-refractivity contribution < 1.29 is 0 Å². The van der Waals surface area contributed by atoms with Gasteiger partial charge >= 0.3 is 0 Å². The number of benzene rings is 7. The van der Waals surface area contributed by atoms with Crippen LogP contribution in [-0.2, 0) is 0 Å². The number of hydrogen-bond acceptors (Lipinski definition) is 4. The van der Waals surface area contributed by atoms with Crippen molar-refractivity contribution >= 4 is 53.9 Å². The lowest BCUT2D eigenvalue weighted by atomic mass is 9.93. The zero-order valence-electron chi connectivity index (χ0n) is 27.0. The van der Waals surface area contributed by atoms with E-state index in [9.17, 15) is 0 Å². The molecule has 3 heterocycles. The highest BCUT2D eigenvalue weighted by molar-refractivity contribution is 6.15. The van der Waals surface area contributed by atoms with Gasteiger partial charge in [0, 0.05) is 34.5 Å². The van der Waals surface area contributed by atoms with Crippen LogP contribution >= 0.6 is 0 Å². The van der Waals surface area contributed by atoms with E-state index in [-0.39, 0.29) is 0 Å². The van der Waals surface area contributed by atoms with E-state index in [0.717, 1.165) is 61.0 Å². The van der Waals surface area contributed by atoms with E-state index in [2.05, 4.69) is 133 Å². The molecule has 0 fully saturated rings. The molecule has 7 aromatic carbocycles. The summed E-state index contributed by atoms with van der Waals surface area (Å²) in [7, 11) is 0. The fourth-order valence-corrected chi connectivity index (χ4v) is 7.37. The summed E-state index contributed by atoms with van der Waals surface area (Å²) in [4.78, 5) is 20.2. The summed E-state index contributed by atoms with van der Waals surface area (Å²) in [6.07, 6.45) is 3.71. The summed E-state index contributed by atoms with van der Waals surface area (Å²) in [5.41, 5.74) is 6.37. The van der Waals surface area contributed by atoms with Crippen molar-refractivity contribution in [1.82, 2.24) is 19.9 Å². The molecule has 0 saturated carbocycles. The monoisotopic (exact) mass is 636 g/mol. The normalized spacial score (nSPS) is 11.6. The first-order valence-electron chi connectivity index (χ1n) is 16.8. The molecule has 0 amide bonds. The maximum Gasteiger partial charge on any atom is 0.161 e. The van der Waals surface area contributed by atoms with Gasteiger partial charge in [0.15, 0.2) is 5.82 Å². The molecule has 0 aliphatic carbocycles. The Morgan fingerprint density at radius 3 is 1.40 bits per heavy atom. The smallest absolute Gasteiger partial charge is 0.161 e. The molecule has 0 N–H and O–H groups in total. The molecule has 10 aromatic rings. The van der Waals surface area contributed by atoms with E-state index in [1.807, 2.05) is 36.7 Å². The van der Waals surface area contributed by atoms with Crippen molar-refractivity contribution in [2.24, 2.45) is 0 Å². The van der Waals surface area contributed by atoms with Crippen molar-refractivity contribution in [3.63, 3.8) is 0 Å². The van der Waals surface area contributed by atoms with Crippen LogP contribution in [0, 0.1) is 0 Å². The van der Waals surface area contributed by atoms with Gasteiger partial charge in [-0.25, -0.2) is 9.97 Å². The molecule has 0 aliphatic heterocycles. The first-order chi connectivity index (χ1) is 24.8. The van der Waals surface area contributed by atoms with Crippen LogP contribution in [0.2, 0.25) is 0 Å². The molecule has 0 atom stereocenters. The van der Waals surface area contributed by atoms with E-state index in [1.165, 1.54) is 32.3 Å². The Labute approximate surface area is 288 Å². The molecule has 0 saturated heterocycles. The first-order valence-corrected chi connectivity index (χ1v) is 16.8. The van der Waals surface area contributed by atoms with Gasteiger partial charge in [0.05, 0.1) is 22.8 Å². The van der Waals surface area contributed by atoms with E-state index in [1.54, 1.807) is 0 Å². The fourth-order valence-electron chi connectivity index (χ4n) is 7.37. The van der Waals surface area contributed by atoms with Crippen LogP contribution in [0.15, 0.2) is 170 Å². The van der Waals surface area contributed by atoms with Crippen molar-refractivity contribution in [2.45, 2.75) is 0 Å². The highest BCUT2D eigenvalue weighted by Crippen LogP contribution is 2.39. The van der Waals surface area contributed by atoms with Gasteiger partial charge in [0.25, 0.3) is 0 Å². The number of hydrogen-bond donors (Lipinski definition) is 0. The molecular formula is C46H28N4. The van der Waals surface area contributed by atoms with Gasteiger partial charge in [0.2, 0.25) is 0 Å². The maximum atomic E-state index is 5.28. The lowest BCUT2D eigenvalue weighted by Crippen LogP contribution is -1.98. The Bertz CT molecular complexity index is 2790. The summed E-state index contributed by atoms with van der Waals surface area (Å²) >= 11 is 0.